The van der Waals surface area contributed by atoms with Crippen molar-refractivity contribution in [1.82, 2.24) is 0 Å². The molecular weight excluding hydrogens is 376 g/mol. The topological polar surface area (TPSA) is 146 Å². The molecule has 2 N–H and O–H groups in total. The maximum atomic E-state index is 12.1. The summed E-state index contributed by atoms with van der Waals surface area (Å²) in [6, 6.07) is 0. The third-order valence-corrected chi connectivity index (χ3v) is 3.80. The largest absolute Gasteiger partial charge is 0.478 e. The summed E-state index contributed by atoms with van der Waals surface area (Å²) in [6.45, 7) is 3.08. The van der Waals surface area contributed by atoms with Gasteiger partial charge in [-0.05, 0) is 13.8 Å². The van der Waals surface area contributed by atoms with Crippen LogP contribution < -0.4 is 0 Å². The van der Waals surface area contributed by atoms with E-state index in [1.54, 1.807) is 0 Å². The number of aliphatic carboxylic acids is 2. The minimum absolute atomic E-state index is 0.0105. The van der Waals surface area contributed by atoms with Crippen molar-refractivity contribution >= 4 is 23.9 Å². The van der Waals surface area contributed by atoms with Crippen molar-refractivity contribution in [2.75, 3.05) is 40.6 Å². The lowest BCUT2D eigenvalue weighted by Crippen LogP contribution is -2.30. The molecule has 0 aliphatic rings. The first kappa shape index (κ1) is 25.5. The Kier molecular flexibility index (Phi) is 12.5. The van der Waals surface area contributed by atoms with Gasteiger partial charge in [0.1, 0.15) is 0 Å². The molecule has 0 rings (SSSR count). The van der Waals surface area contributed by atoms with Crippen LogP contribution in [0.25, 0.3) is 0 Å². The van der Waals surface area contributed by atoms with Crippen LogP contribution >= 0.6 is 0 Å². The lowest BCUT2D eigenvalue weighted by Gasteiger charge is -2.19. The first-order valence-electron chi connectivity index (χ1n) is 8.70. The average molecular weight is 404 g/mol. The molecule has 0 aromatic rings. The van der Waals surface area contributed by atoms with Gasteiger partial charge in [-0.2, -0.15) is 0 Å². The van der Waals surface area contributed by atoms with E-state index >= 15 is 0 Å². The molecule has 0 bridgehead atoms. The second kappa shape index (κ2) is 13.7. The van der Waals surface area contributed by atoms with E-state index < -0.39 is 46.9 Å². The lowest BCUT2D eigenvalue weighted by atomic mass is 9.88. The molecule has 2 atom stereocenters. The van der Waals surface area contributed by atoms with Crippen LogP contribution in [-0.2, 0) is 38.1 Å². The second-order valence-corrected chi connectivity index (χ2v) is 5.91. The standard InChI is InChI=1S/C18H28O10/c1-11(17(23)27-9-5-7-25-3)13(15(19)20)14(16(21)22)12(2)18(24)28-10-6-8-26-4/h11-12H,5-10H2,1-4H3,(H,19,20)(H,21,22). The van der Waals surface area contributed by atoms with Gasteiger partial charge in [0.05, 0.1) is 36.2 Å². The molecule has 0 heterocycles. The fraction of sp³-hybridized carbons (Fsp3) is 0.667. The van der Waals surface area contributed by atoms with Crippen molar-refractivity contribution in [1.29, 1.82) is 0 Å². The Morgan fingerprint density at radius 2 is 1.00 bits per heavy atom. The van der Waals surface area contributed by atoms with E-state index in [4.69, 9.17) is 18.9 Å². The SMILES string of the molecule is COCCCOC(=O)C(C)C(C(=O)O)=C(C(=O)O)C(C)C(=O)OCCCOC. The first-order chi connectivity index (χ1) is 13.2. The molecular formula is C18H28O10. The summed E-state index contributed by atoms with van der Waals surface area (Å²) in [5.74, 6) is -7.86. The minimum atomic E-state index is -1.63. The van der Waals surface area contributed by atoms with Gasteiger partial charge in [0.2, 0.25) is 0 Å². The Balaban J connectivity index is 5.49. The van der Waals surface area contributed by atoms with Crippen LogP contribution in [0, 0.1) is 11.8 Å². The average Bonchev–Trinajstić information content (AvgIpc) is 2.64. The molecule has 0 aliphatic carbocycles. The number of hydrogen-bond acceptors (Lipinski definition) is 8. The Morgan fingerprint density at radius 1 is 0.679 bits per heavy atom. The van der Waals surface area contributed by atoms with Gasteiger partial charge in [0.25, 0.3) is 0 Å². The molecule has 160 valence electrons. The van der Waals surface area contributed by atoms with Crippen molar-refractivity contribution in [3.8, 4) is 0 Å². The van der Waals surface area contributed by atoms with E-state index in [1.807, 2.05) is 0 Å². The quantitative estimate of drug-likeness (QED) is 0.243. The Labute approximate surface area is 163 Å². The molecule has 0 aromatic carbocycles. The zero-order valence-electron chi connectivity index (χ0n) is 16.6. The van der Waals surface area contributed by atoms with Gasteiger partial charge in [-0.3, -0.25) is 9.59 Å². The number of carboxylic acids is 2. The van der Waals surface area contributed by atoms with Crippen LogP contribution in [0.2, 0.25) is 0 Å². The van der Waals surface area contributed by atoms with Gasteiger partial charge in [-0.25, -0.2) is 9.59 Å². The predicted molar refractivity (Wildman–Crippen MR) is 95.5 cm³/mol. The van der Waals surface area contributed by atoms with Crippen molar-refractivity contribution in [3.05, 3.63) is 11.1 Å². The fourth-order valence-corrected chi connectivity index (χ4v) is 2.31. The zero-order chi connectivity index (χ0) is 21.7. The summed E-state index contributed by atoms with van der Waals surface area (Å²) in [5, 5.41) is 19.0. The molecule has 0 aromatic heterocycles. The van der Waals surface area contributed by atoms with Crippen LogP contribution in [0.5, 0.6) is 0 Å². The lowest BCUT2D eigenvalue weighted by molar-refractivity contribution is -0.151. The van der Waals surface area contributed by atoms with E-state index in [1.165, 1.54) is 28.1 Å². The number of esters is 2. The maximum Gasteiger partial charge on any atom is 0.333 e. The van der Waals surface area contributed by atoms with Gasteiger partial charge in [0.15, 0.2) is 0 Å². The van der Waals surface area contributed by atoms with Gasteiger partial charge in [-0.1, -0.05) is 0 Å². The summed E-state index contributed by atoms with van der Waals surface area (Å²) >= 11 is 0. The Bertz CT molecular complexity index is 531. The monoisotopic (exact) mass is 404 g/mol. The predicted octanol–water partition coefficient (Wildman–Crippen LogP) is 0.884. The number of hydrogen-bond donors (Lipinski definition) is 2. The summed E-state index contributed by atoms with van der Waals surface area (Å²) in [6.07, 6.45) is 0.800. The summed E-state index contributed by atoms with van der Waals surface area (Å²) in [5.41, 5.74) is -1.43. The van der Waals surface area contributed by atoms with Crippen LogP contribution in [-0.4, -0.2) is 74.7 Å². The van der Waals surface area contributed by atoms with E-state index in [2.05, 4.69) is 0 Å². The number of ether oxygens (including phenoxy) is 4. The van der Waals surface area contributed by atoms with Crippen molar-refractivity contribution in [2.45, 2.75) is 26.7 Å². The van der Waals surface area contributed by atoms with Crippen molar-refractivity contribution < 1.29 is 48.3 Å². The molecule has 0 saturated carbocycles. The normalized spacial score (nSPS) is 13.9. The first-order valence-corrected chi connectivity index (χ1v) is 8.70. The van der Waals surface area contributed by atoms with Gasteiger partial charge in [0, 0.05) is 40.3 Å². The number of carbonyl (C=O) groups excluding carboxylic acids is 2. The van der Waals surface area contributed by atoms with Crippen molar-refractivity contribution in [3.63, 3.8) is 0 Å². The zero-order valence-corrected chi connectivity index (χ0v) is 16.6. The highest BCUT2D eigenvalue weighted by atomic mass is 16.5. The molecule has 0 amide bonds. The molecule has 0 radical (unpaired) electrons. The summed E-state index contributed by atoms with van der Waals surface area (Å²) in [4.78, 5) is 47.6. The molecule has 2 unspecified atom stereocenters. The highest BCUT2D eigenvalue weighted by molar-refractivity contribution is 6.05. The molecule has 0 saturated heterocycles. The molecule has 10 nitrogen and oxygen atoms in total. The van der Waals surface area contributed by atoms with Crippen molar-refractivity contribution in [2.24, 2.45) is 11.8 Å². The van der Waals surface area contributed by atoms with Crippen LogP contribution in [0.15, 0.2) is 11.1 Å². The Hall–Kier alpha value is -2.46. The summed E-state index contributed by atoms with van der Waals surface area (Å²) in [7, 11) is 2.95. The van der Waals surface area contributed by atoms with Crippen LogP contribution in [0.3, 0.4) is 0 Å². The number of carboxylic acid groups (broad SMARTS) is 2. The van der Waals surface area contributed by atoms with Crippen LogP contribution in [0.1, 0.15) is 26.7 Å². The second-order valence-electron chi connectivity index (χ2n) is 5.91. The van der Waals surface area contributed by atoms with Gasteiger partial charge in [-0.15, -0.1) is 0 Å². The van der Waals surface area contributed by atoms with E-state index in [0.717, 1.165) is 0 Å². The summed E-state index contributed by atoms with van der Waals surface area (Å²) < 4.78 is 19.5. The molecule has 0 fully saturated rings. The van der Waals surface area contributed by atoms with Gasteiger partial charge >= 0.3 is 23.9 Å². The van der Waals surface area contributed by atoms with Crippen LogP contribution in [0.4, 0.5) is 0 Å². The molecule has 28 heavy (non-hydrogen) atoms. The highest BCUT2D eigenvalue weighted by Crippen LogP contribution is 2.25. The third-order valence-electron chi connectivity index (χ3n) is 3.80. The molecule has 10 heteroatoms. The fourth-order valence-electron chi connectivity index (χ4n) is 2.31. The molecule has 0 aliphatic heterocycles. The smallest absolute Gasteiger partial charge is 0.333 e. The Morgan fingerprint density at radius 3 is 1.25 bits per heavy atom. The maximum absolute atomic E-state index is 12.1. The molecule has 0 spiro atoms. The minimum Gasteiger partial charge on any atom is -0.478 e. The van der Waals surface area contributed by atoms with Gasteiger partial charge < -0.3 is 29.2 Å². The van der Waals surface area contributed by atoms with E-state index in [-0.39, 0.29) is 13.2 Å². The van der Waals surface area contributed by atoms with E-state index in [9.17, 15) is 29.4 Å². The third kappa shape index (κ3) is 8.49. The van der Waals surface area contributed by atoms with E-state index in [0.29, 0.717) is 26.1 Å². The number of rotatable bonds is 14. The number of methoxy groups -OCH3 is 2. The highest BCUT2D eigenvalue weighted by Gasteiger charge is 2.36. The number of carbonyl (C=O) groups is 4.